The molecule has 1 aliphatic heterocycles. The maximum absolute atomic E-state index is 12.5. The first-order chi connectivity index (χ1) is 13.2. The highest BCUT2D eigenvalue weighted by Crippen LogP contribution is 2.26. The highest BCUT2D eigenvalue weighted by atomic mass is 32.2. The quantitative estimate of drug-likeness (QED) is 0.419. The Labute approximate surface area is 171 Å². The van der Waals surface area contributed by atoms with Crippen molar-refractivity contribution >= 4 is 16.0 Å². The molecule has 164 valence electrons. The Morgan fingerprint density at radius 2 is 1.86 bits per heavy atom. The van der Waals surface area contributed by atoms with Crippen LogP contribution in [0.25, 0.3) is 0 Å². The van der Waals surface area contributed by atoms with Gasteiger partial charge in [0.1, 0.15) is 0 Å². The second kappa shape index (κ2) is 10.8. The van der Waals surface area contributed by atoms with Gasteiger partial charge >= 0.3 is 0 Å². The van der Waals surface area contributed by atoms with E-state index in [1.807, 2.05) is 13.8 Å². The molecule has 0 aromatic heterocycles. The Balaban J connectivity index is 1.86. The van der Waals surface area contributed by atoms with E-state index in [0.717, 1.165) is 25.1 Å². The maximum atomic E-state index is 12.5. The van der Waals surface area contributed by atoms with E-state index in [1.165, 1.54) is 12.8 Å². The maximum Gasteiger partial charge on any atom is 0.216 e. The minimum atomic E-state index is -3.27. The molecule has 0 aromatic rings. The van der Waals surface area contributed by atoms with Crippen molar-refractivity contribution in [2.45, 2.75) is 58.7 Å². The van der Waals surface area contributed by atoms with Crippen LogP contribution in [0.1, 0.15) is 40.5 Å². The summed E-state index contributed by atoms with van der Waals surface area (Å²) in [6.45, 7) is 12.2. The van der Waals surface area contributed by atoms with Crippen molar-refractivity contribution in [1.82, 2.24) is 19.4 Å². The zero-order valence-corrected chi connectivity index (χ0v) is 19.0. The number of aliphatic imine (C=N–C) groups is 1. The second-order valence-corrected chi connectivity index (χ2v) is 10.2. The third kappa shape index (κ3) is 7.17. The van der Waals surface area contributed by atoms with E-state index in [9.17, 15) is 8.42 Å². The molecule has 28 heavy (non-hydrogen) atoms. The van der Waals surface area contributed by atoms with Crippen LogP contribution in [0, 0.1) is 0 Å². The van der Waals surface area contributed by atoms with Gasteiger partial charge in [0.05, 0.1) is 25.0 Å². The molecule has 2 aliphatic rings. The van der Waals surface area contributed by atoms with Crippen LogP contribution in [0.15, 0.2) is 4.99 Å². The molecule has 1 heterocycles. The second-order valence-electron chi connectivity index (χ2n) is 8.06. The van der Waals surface area contributed by atoms with Crippen LogP contribution in [0.2, 0.25) is 0 Å². The number of hydrogen-bond acceptors (Lipinski definition) is 5. The molecule has 2 fully saturated rings. The average molecular weight is 418 g/mol. The number of hydrogen-bond donors (Lipinski definition) is 1. The van der Waals surface area contributed by atoms with Gasteiger partial charge in [0.2, 0.25) is 10.0 Å². The topological polar surface area (TPSA) is 77.5 Å². The molecule has 2 rings (SSSR count). The van der Waals surface area contributed by atoms with Gasteiger partial charge < -0.3 is 15.0 Å². The summed E-state index contributed by atoms with van der Waals surface area (Å²) in [7, 11) is -1.09. The standard InChI is InChI=1S/C19H39N5O3S/c1-6-20-19(21-15-17(4)22(5)18-7-8-18)23-9-11-24(12-10-23)28(25,26)14-13-27-16(2)3/h16-18H,6-15H2,1-5H3,(H,20,21). The average Bonchev–Trinajstić information content (AvgIpc) is 3.49. The largest absolute Gasteiger partial charge is 0.378 e. The van der Waals surface area contributed by atoms with Gasteiger partial charge in [-0.1, -0.05) is 0 Å². The molecule has 0 spiro atoms. The van der Waals surface area contributed by atoms with Crippen molar-refractivity contribution in [2.75, 3.05) is 58.7 Å². The van der Waals surface area contributed by atoms with Crippen molar-refractivity contribution < 1.29 is 13.2 Å². The van der Waals surface area contributed by atoms with Crippen LogP contribution in [0.5, 0.6) is 0 Å². The molecule has 1 N–H and O–H groups in total. The molecular weight excluding hydrogens is 378 g/mol. The lowest BCUT2D eigenvalue weighted by atomic mass is 10.3. The van der Waals surface area contributed by atoms with Crippen LogP contribution in [-0.2, 0) is 14.8 Å². The molecule has 8 nitrogen and oxygen atoms in total. The van der Waals surface area contributed by atoms with E-state index >= 15 is 0 Å². The van der Waals surface area contributed by atoms with Gasteiger partial charge in [-0.05, 0) is 47.6 Å². The van der Waals surface area contributed by atoms with Gasteiger partial charge in [-0.15, -0.1) is 0 Å². The van der Waals surface area contributed by atoms with E-state index in [-0.39, 0.29) is 18.5 Å². The van der Waals surface area contributed by atoms with Crippen LogP contribution < -0.4 is 5.32 Å². The summed E-state index contributed by atoms with van der Waals surface area (Å²) >= 11 is 0. The van der Waals surface area contributed by atoms with Crippen LogP contribution in [0.4, 0.5) is 0 Å². The minimum absolute atomic E-state index is 0.0460. The Bertz CT molecular complexity index is 599. The highest BCUT2D eigenvalue weighted by molar-refractivity contribution is 7.89. The number of piperazine rings is 1. The van der Waals surface area contributed by atoms with E-state index in [2.05, 4.69) is 36.0 Å². The third-order valence-corrected chi connectivity index (χ3v) is 7.22. The lowest BCUT2D eigenvalue weighted by Crippen LogP contribution is -2.54. The van der Waals surface area contributed by atoms with Gasteiger partial charge in [-0.2, -0.15) is 4.31 Å². The number of nitrogens with one attached hydrogen (secondary N) is 1. The summed E-state index contributed by atoms with van der Waals surface area (Å²) in [6.07, 6.45) is 2.64. The van der Waals surface area contributed by atoms with E-state index in [1.54, 1.807) is 4.31 Å². The zero-order valence-electron chi connectivity index (χ0n) is 18.2. The summed E-state index contributed by atoms with van der Waals surface area (Å²) in [5, 5.41) is 3.36. The van der Waals surface area contributed by atoms with E-state index in [4.69, 9.17) is 9.73 Å². The number of nitrogens with zero attached hydrogens (tertiary/aromatic N) is 4. The van der Waals surface area contributed by atoms with Crippen molar-refractivity contribution in [2.24, 2.45) is 4.99 Å². The lowest BCUT2D eigenvalue weighted by Gasteiger charge is -2.36. The summed E-state index contributed by atoms with van der Waals surface area (Å²) < 4.78 is 32.0. The Morgan fingerprint density at radius 3 is 2.39 bits per heavy atom. The predicted octanol–water partition coefficient (Wildman–Crippen LogP) is 0.807. The smallest absolute Gasteiger partial charge is 0.216 e. The fourth-order valence-corrected chi connectivity index (χ4v) is 4.60. The van der Waals surface area contributed by atoms with Crippen molar-refractivity contribution in [3.8, 4) is 0 Å². The van der Waals surface area contributed by atoms with Gasteiger partial charge in [-0.25, -0.2) is 8.42 Å². The summed E-state index contributed by atoms with van der Waals surface area (Å²) in [4.78, 5) is 9.41. The first kappa shape index (κ1) is 23.4. The summed E-state index contributed by atoms with van der Waals surface area (Å²) in [6, 6.07) is 1.13. The molecule has 1 aliphatic carbocycles. The molecule has 0 bridgehead atoms. The van der Waals surface area contributed by atoms with Crippen molar-refractivity contribution in [3.05, 3.63) is 0 Å². The summed E-state index contributed by atoms with van der Waals surface area (Å²) in [5.41, 5.74) is 0. The number of guanidine groups is 1. The van der Waals surface area contributed by atoms with Crippen LogP contribution in [0.3, 0.4) is 0 Å². The van der Waals surface area contributed by atoms with Gasteiger partial charge in [0, 0.05) is 44.8 Å². The highest BCUT2D eigenvalue weighted by Gasteiger charge is 2.30. The molecule has 9 heteroatoms. The first-order valence-electron chi connectivity index (χ1n) is 10.6. The normalized spacial score (nSPS) is 20.8. The third-order valence-electron chi connectivity index (χ3n) is 5.38. The molecular formula is C19H39N5O3S. The van der Waals surface area contributed by atoms with Crippen LogP contribution >= 0.6 is 0 Å². The molecule has 0 aromatic carbocycles. The molecule has 1 saturated heterocycles. The number of sulfonamides is 1. The first-order valence-corrected chi connectivity index (χ1v) is 12.2. The Kier molecular flexibility index (Phi) is 8.98. The van der Waals surface area contributed by atoms with Gasteiger partial charge in [-0.3, -0.25) is 9.89 Å². The Morgan fingerprint density at radius 1 is 1.21 bits per heavy atom. The fourth-order valence-electron chi connectivity index (χ4n) is 3.31. The molecule has 1 atom stereocenters. The van der Waals surface area contributed by atoms with Crippen LogP contribution in [-0.4, -0.2) is 105 Å². The number of ether oxygens (including phenoxy) is 1. The molecule has 0 radical (unpaired) electrons. The molecule has 1 unspecified atom stereocenters. The van der Waals surface area contributed by atoms with E-state index < -0.39 is 10.0 Å². The fraction of sp³-hybridized carbons (Fsp3) is 0.947. The number of likely N-dealkylation sites (N-methyl/N-ethyl adjacent to an activating group) is 1. The molecule has 0 amide bonds. The van der Waals surface area contributed by atoms with Crippen molar-refractivity contribution in [3.63, 3.8) is 0 Å². The lowest BCUT2D eigenvalue weighted by molar-refractivity contribution is 0.0904. The Hall–Kier alpha value is -0.900. The van der Waals surface area contributed by atoms with Gasteiger partial charge in [0.15, 0.2) is 5.96 Å². The zero-order chi connectivity index (χ0) is 20.7. The number of rotatable bonds is 10. The van der Waals surface area contributed by atoms with Crippen molar-refractivity contribution in [1.29, 1.82) is 0 Å². The summed E-state index contributed by atoms with van der Waals surface area (Å²) in [5.74, 6) is 0.934. The minimum Gasteiger partial charge on any atom is -0.378 e. The molecule has 1 saturated carbocycles. The predicted molar refractivity (Wildman–Crippen MR) is 114 cm³/mol. The van der Waals surface area contributed by atoms with E-state index in [0.29, 0.717) is 32.2 Å². The van der Waals surface area contributed by atoms with Gasteiger partial charge in [0.25, 0.3) is 0 Å². The monoisotopic (exact) mass is 417 g/mol. The SMILES string of the molecule is CCNC(=NCC(C)N(C)C1CC1)N1CCN(S(=O)(=O)CCOC(C)C)CC1.